The molecule has 0 bridgehead atoms. The van der Waals surface area contributed by atoms with Gasteiger partial charge < -0.3 is 10.5 Å². The molecule has 2 heteroatoms. The Labute approximate surface area is 81.8 Å². The monoisotopic (exact) mass is 185 g/mol. The molecule has 0 unspecified atom stereocenters. The van der Waals surface area contributed by atoms with Gasteiger partial charge in [0.25, 0.3) is 0 Å². The van der Waals surface area contributed by atoms with Gasteiger partial charge in [-0.25, -0.2) is 0 Å². The van der Waals surface area contributed by atoms with Crippen molar-refractivity contribution < 1.29 is 4.74 Å². The molecule has 0 amide bonds. The van der Waals surface area contributed by atoms with E-state index in [4.69, 9.17) is 10.5 Å². The molecule has 1 saturated carbocycles. The summed E-state index contributed by atoms with van der Waals surface area (Å²) in [6.07, 6.45) is 3.80. The second-order valence-corrected chi connectivity index (χ2v) is 5.56. The van der Waals surface area contributed by atoms with Crippen molar-refractivity contribution in [1.82, 2.24) is 0 Å². The summed E-state index contributed by atoms with van der Waals surface area (Å²) >= 11 is 0. The Hall–Kier alpha value is -0.0800. The number of ether oxygens (including phenoxy) is 1. The van der Waals surface area contributed by atoms with E-state index in [9.17, 15) is 0 Å². The summed E-state index contributed by atoms with van der Waals surface area (Å²) in [5, 5.41) is 0. The van der Waals surface area contributed by atoms with Gasteiger partial charge >= 0.3 is 0 Å². The molecule has 0 aromatic rings. The minimum atomic E-state index is 0.143. The van der Waals surface area contributed by atoms with Crippen molar-refractivity contribution in [2.75, 3.05) is 6.61 Å². The van der Waals surface area contributed by atoms with Crippen molar-refractivity contribution in [2.24, 2.45) is 11.1 Å². The Morgan fingerprint density at radius 3 is 2.31 bits per heavy atom. The first-order chi connectivity index (χ1) is 5.83. The summed E-state index contributed by atoms with van der Waals surface area (Å²) in [7, 11) is 0. The molecule has 0 aromatic carbocycles. The Bertz CT molecular complexity index is 171. The summed E-state index contributed by atoms with van der Waals surface area (Å²) < 4.78 is 5.62. The van der Waals surface area contributed by atoms with E-state index < -0.39 is 0 Å². The first-order valence-electron chi connectivity index (χ1n) is 5.24. The van der Waals surface area contributed by atoms with E-state index >= 15 is 0 Å². The van der Waals surface area contributed by atoms with E-state index in [2.05, 4.69) is 27.7 Å². The first kappa shape index (κ1) is 11.0. The Morgan fingerprint density at radius 2 is 1.92 bits per heavy atom. The molecule has 0 spiro atoms. The Morgan fingerprint density at radius 1 is 1.38 bits per heavy atom. The summed E-state index contributed by atoms with van der Waals surface area (Å²) in [5.41, 5.74) is 6.46. The highest BCUT2D eigenvalue weighted by molar-refractivity contribution is 5.01. The van der Waals surface area contributed by atoms with Crippen LogP contribution in [0.25, 0.3) is 0 Å². The van der Waals surface area contributed by atoms with Crippen LogP contribution in [-0.2, 0) is 4.74 Å². The third-order valence-corrected chi connectivity index (χ3v) is 2.53. The van der Waals surface area contributed by atoms with Crippen LogP contribution in [0.3, 0.4) is 0 Å². The second-order valence-electron chi connectivity index (χ2n) is 5.56. The third-order valence-electron chi connectivity index (χ3n) is 2.53. The van der Waals surface area contributed by atoms with E-state index in [1.54, 1.807) is 0 Å². The minimum absolute atomic E-state index is 0.143. The van der Waals surface area contributed by atoms with Gasteiger partial charge in [-0.1, -0.05) is 13.8 Å². The topological polar surface area (TPSA) is 35.2 Å². The number of nitrogens with two attached hydrogens (primary N) is 1. The van der Waals surface area contributed by atoms with Crippen LogP contribution < -0.4 is 5.73 Å². The molecule has 0 aromatic heterocycles. The van der Waals surface area contributed by atoms with Crippen molar-refractivity contribution in [2.45, 2.75) is 58.6 Å². The highest BCUT2D eigenvalue weighted by Gasteiger charge is 2.42. The van der Waals surface area contributed by atoms with Gasteiger partial charge in [0.05, 0.1) is 12.7 Å². The van der Waals surface area contributed by atoms with E-state index in [0.717, 1.165) is 13.0 Å². The van der Waals surface area contributed by atoms with Gasteiger partial charge in [0.2, 0.25) is 0 Å². The van der Waals surface area contributed by atoms with Crippen LogP contribution in [0.1, 0.15) is 47.0 Å². The SMILES string of the molecule is CC(C)OCC(C)(C)CC1(N)CC1. The fourth-order valence-electron chi connectivity index (χ4n) is 1.73. The molecule has 78 valence electrons. The molecule has 13 heavy (non-hydrogen) atoms. The van der Waals surface area contributed by atoms with Crippen molar-refractivity contribution >= 4 is 0 Å². The molecule has 0 heterocycles. The molecular formula is C11H23NO. The van der Waals surface area contributed by atoms with Gasteiger partial charge in [0.15, 0.2) is 0 Å². The van der Waals surface area contributed by atoms with Crippen molar-refractivity contribution in [3.05, 3.63) is 0 Å². The van der Waals surface area contributed by atoms with E-state index in [1.165, 1.54) is 12.8 Å². The molecule has 0 radical (unpaired) electrons. The molecule has 1 rings (SSSR count). The van der Waals surface area contributed by atoms with E-state index in [0.29, 0.717) is 6.10 Å². The molecule has 0 atom stereocenters. The maximum Gasteiger partial charge on any atom is 0.0521 e. The molecule has 2 N–H and O–H groups in total. The van der Waals surface area contributed by atoms with Crippen LogP contribution in [0.4, 0.5) is 0 Å². The number of rotatable bonds is 5. The highest BCUT2D eigenvalue weighted by Crippen LogP contribution is 2.42. The van der Waals surface area contributed by atoms with Gasteiger partial charge in [0.1, 0.15) is 0 Å². The lowest BCUT2D eigenvalue weighted by Crippen LogP contribution is -2.33. The maximum absolute atomic E-state index is 6.08. The van der Waals surface area contributed by atoms with Crippen LogP contribution in [0.15, 0.2) is 0 Å². The van der Waals surface area contributed by atoms with Gasteiger partial charge in [-0.15, -0.1) is 0 Å². The van der Waals surface area contributed by atoms with Crippen LogP contribution >= 0.6 is 0 Å². The fourth-order valence-corrected chi connectivity index (χ4v) is 1.73. The normalized spacial score (nSPS) is 20.8. The van der Waals surface area contributed by atoms with E-state index in [-0.39, 0.29) is 11.0 Å². The Balaban J connectivity index is 2.28. The predicted octanol–water partition coefficient (Wildman–Crippen LogP) is 2.32. The maximum atomic E-state index is 6.08. The molecule has 1 aliphatic rings. The van der Waals surface area contributed by atoms with Crippen molar-refractivity contribution in [3.63, 3.8) is 0 Å². The lowest BCUT2D eigenvalue weighted by atomic mass is 9.85. The number of hydrogen-bond acceptors (Lipinski definition) is 2. The molecular weight excluding hydrogens is 162 g/mol. The fraction of sp³-hybridized carbons (Fsp3) is 1.00. The largest absolute Gasteiger partial charge is 0.378 e. The smallest absolute Gasteiger partial charge is 0.0521 e. The summed E-state index contributed by atoms with van der Waals surface area (Å²) in [4.78, 5) is 0. The lowest BCUT2D eigenvalue weighted by Gasteiger charge is -2.28. The standard InChI is InChI=1S/C11H23NO/c1-9(2)13-8-10(3,4)7-11(12)5-6-11/h9H,5-8,12H2,1-4H3. The molecule has 0 aliphatic heterocycles. The summed E-state index contributed by atoms with van der Waals surface area (Å²) in [6.45, 7) is 9.45. The Kier molecular flexibility index (Phi) is 3.03. The predicted molar refractivity (Wildman–Crippen MR) is 55.6 cm³/mol. The van der Waals surface area contributed by atoms with Gasteiger partial charge in [-0.3, -0.25) is 0 Å². The quantitative estimate of drug-likeness (QED) is 0.713. The van der Waals surface area contributed by atoms with E-state index in [1.807, 2.05) is 0 Å². The van der Waals surface area contributed by atoms with Gasteiger partial charge in [0, 0.05) is 5.54 Å². The summed E-state index contributed by atoms with van der Waals surface area (Å²) in [6, 6.07) is 0. The van der Waals surface area contributed by atoms with Crippen LogP contribution in [0.5, 0.6) is 0 Å². The molecule has 1 fully saturated rings. The highest BCUT2D eigenvalue weighted by atomic mass is 16.5. The van der Waals surface area contributed by atoms with Crippen molar-refractivity contribution in [3.8, 4) is 0 Å². The molecule has 1 aliphatic carbocycles. The molecule has 0 saturated heterocycles. The summed E-state index contributed by atoms with van der Waals surface area (Å²) in [5.74, 6) is 0. The zero-order valence-corrected chi connectivity index (χ0v) is 9.39. The average molecular weight is 185 g/mol. The minimum Gasteiger partial charge on any atom is -0.378 e. The zero-order valence-electron chi connectivity index (χ0n) is 9.39. The average Bonchev–Trinajstić information content (AvgIpc) is 2.63. The lowest BCUT2D eigenvalue weighted by molar-refractivity contribution is 0.0145. The van der Waals surface area contributed by atoms with Crippen molar-refractivity contribution in [1.29, 1.82) is 0 Å². The molecule has 2 nitrogen and oxygen atoms in total. The second kappa shape index (κ2) is 3.58. The first-order valence-corrected chi connectivity index (χ1v) is 5.24. The zero-order chi connectivity index (χ0) is 10.1. The van der Waals surface area contributed by atoms with Gasteiger partial charge in [-0.2, -0.15) is 0 Å². The van der Waals surface area contributed by atoms with Gasteiger partial charge in [-0.05, 0) is 38.5 Å². The number of hydrogen-bond donors (Lipinski definition) is 1. The van der Waals surface area contributed by atoms with Crippen LogP contribution in [-0.4, -0.2) is 18.2 Å². The van der Waals surface area contributed by atoms with Crippen LogP contribution in [0, 0.1) is 5.41 Å². The van der Waals surface area contributed by atoms with Crippen LogP contribution in [0.2, 0.25) is 0 Å². The third kappa shape index (κ3) is 4.10.